The van der Waals surface area contributed by atoms with E-state index < -0.39 is 37.6 Å². The van der Waals surface area contributed by atoms with E-state index in [9.17, 15) is 26.3 Å². The smallest absolute Gasteiger partial charge is 0.366 e. The predicted octanol–water partition coefficient (Wildman–Crippen LogP) is 4.26. The van der Waals surface area contributed by atoms with Crippen LogP contribution in [0.15, 0.2) is 12.7 Å². The summed E-state index contributed by atoms with van der Waals surface area (Å²) in [5.74, 6) is 0. The van der Waals surface area contributed by atoms with E-state index in [2.05, 4.69) is 16.1 Å². The number of hydrogen-bond acceptors (Lipinski definition) is 2. The van der Waals surface area contributed by atoms with Gasteiger partial charge in [0, 0.05) is 13.0 Å². The third-order valence-electron chi connectivity index (χ3n) is 2.38. The summed E-state index contributed by atoms with van der Waals surface area (Å²) in [4.78, 5) is 0. The first-order chi connectivity index (χ1) is 9.12. The van der Waals surface area contributed by atoms with Gasteiger partial charge in [-0.25, -0.2) is 0 Å². The van der Waals surface area contributed by atoms with Gasteiger partial charge in [-0.15, -0.1) is 6.58 Å². The van der Waals surface area contributed by atoms with Crippen LogP contribution in [-0.4, -0.2) is 37.8 Å². The highest BCUT2D eigenvalue weighted by Crippen LogP contribution is 2.28. The Labute approximate surface area is 113 Å². The predicted molar refractivity (Wildman–Crippen MR) is 61.3 cm³/mol. The molecule has 0 spiro atoms. The van der Waals surface area contributed by atoms with Gasteiger partial charge in [-0.05, 0) is 6.42 Å². The molecule has 0 heterocycles. The summed E-state index contributed by atoms with van der Waals surface area (Å²) in [5.41, 5.74) is 0. The highest BCUT2D eigenvalue weighted by atomic mass is 19.4. The third-order valence-corrected chi connectivity index (χ3v) is 2.38. The van der Waals surface area contributed by atoms with Crippen molar-refractivity contribution in [3.63, 3.8) is 0 Å². The molecule has 0 aromatic carbocycles. The topological polar surface area (TPSA) is 18.5 Å². The average Bonchev–Trinajstić information content (AvgIpc) is 2.29. The molecule has 8 heteroatoms. The Bertz CT molecular complexity index is 274. The van der Waals surface area contributed by atoms with Crippen molar-refractivity contribution in [3.8, 4) is 0 Å². The van der Waals surface area contributed by atoms with Crippen LogP contribution in [0.2, 0.25) is 0 Å². The molecule has 0 radical (unpaired) electrons. The normalized spacial score (nSPS) is 15.9. The van der Waals surface area contributed by atoms with E-state index in [1.165, 1.54) is 0 Å². The summed E-state index contributed by atoms with van der Waals surface area (Å²) in [6.45, 7) is 3.51. The zero-order chi connectivity index (χ0) is 15.8. The fourth-order valence-electron chi connectivity index (χ4n) is 1.26. The number of hydrogen-bond donors (Lipinski definition) is 0. The largest absolute Gasteiger partial charge is 0.416 e. The van der Waals surface area contributed by atoms with Gasteiger partial charge in [0.15, 0.2) is 12.2 Å². The van der Waals surface area contributed by atoms with E-state index in [0.29, 0.717) is 12.8 Å². The molecule has 0 aromatic rings. The molecule has 2 unspecified atom stereocenters. The molecular formula is C12H18F6O2. The first-order valence-electron chi connectivity index (χ1n) is 6.10. The van der Waals surface area contributed by atoms with Crippen LogP contribution < -0.4 is 0 Å². The molecule has 120 valence electrons. The molecule has 0 aliphatic rings. The minimum atomic E-state index is -4.77. The Morgan fingerprint density at radius 1 is 1.00 bits per heavy atom. The van der Waals surface area contributed by atoms with Crippen LogP contribution in [0.4, 0.5) is 26.3 Å². The van der Waals surface area contributed by atoms with Gasteiger partial charge in [0.05, 0.1) is 6.61 Å². The maximum Gasteiger partial charge on any atom is 0.416 e. The van der Waals surface area contributed by atoms with Crippen molar-refractivity contribution in [1.29, 1.82) is 0 Å². The lowest BCUT2D eigenvalue weighted by Crippen LogP contribution is -2.40. The number of ether oxygens (including phenoxy) is 2. The summed E-state index contributed by atoms with van der Waals surface area (Å²) in [5, 5.41) is 0. The van der Waals surface area contributed by atoms with Gasteiger partial charge < -0.3 is 9.47 Å². The van der Waals surface area contributed by atoms with Gasteiger partial charge >= 0.3 is 12.4 Å². The van der Waals surface area contributed by atoms with Crippen LogP contribution in [0.5, 0.6) is 0 Å². The molecule has 0 rings (SSSR count). The van der Waals surface area contributed by atoms with Gasteiger partial charge in [0.25, 0.3) is 0 Å². The summed E-state index contributed by atoms with van der Waals surface area (Å²) in [7, 11) is 0. The SMILES string of the molecule is C=CCC(OCC(OCCCC)C(F)(F)F)C(F)(F)F. The maximum atomic E-state index is 12.6. The van der Waals surface area contributed by atoms with E-state index in [0.717, 1.165) is 6.08 Å². The van der Waals surface area contributed by atoms with Crippen molar-refractivity contribution >= 4 is 0 Å². The zero-order valence-corrected chi connectivity index (χ0v) is 11.1. The van der Waals surface area contributed by atoms with Crippen molar-refractivity contribution in [2.24, 2.45) is 0 Å². The van der Waals surface area contributed by atoms with Crippen molar-refractivity contribution in [1.82, 2.24) is 0 Å². The van der Waals surface area contributed by atoms with Gasteiger partial charge in [0.1, 0.15) is 0 Å². The first kappa shape index (κ1) is 19.2. The molecule has 0 fully saturated rings. The van der Waals surface area contributed by atoms with Crippen LogP contribution in [0.1, 0.15) is 26.2 Å². The third kappa shape index (κ3) is 7.74. The molecule has 0 saturated heterocycles. The van der Waals surface area contributed by atoms with Crippen LogP contribution in [0, 0.1) is 0 Å². The maximum absolute atomic E-state index is 12.6. The second-order valence-electron chi connectivity index (χ2n) is 4.14. The van der Waals surface area contributed by atoms with Crippen molar-refractivity contribution in [2.75, 3.05) is 13.2 Å². The lowest BCUT2D eigenvalue weighted by Gasteiger charge is -2.25. The Hall–Kier alpha value is -0.760. The van der Waals surface area contributed by atoms with Crippen LogP contribution in [0.3, 0.4) is 0 Å². The lowest BCUT2D eigenvalue weighted by atomic mass is 10.2. The van der Waals surface area contributed by atoms with Crippen molar-refractivity contribution < 1.29 is 35.8 Å². The number of rotatable bonds is 9. The molecule has 0 aliphatic carbocycles. The second-order valence-corrected chi connectivity index (χ2v) is 4.14. The Morgan fingerprint density at radius 3 is 1.95 bits per heavy atom. The molecule has 0 aliphatic heterocycles. The molecule has 0 amide bonds. The van der Waals surface area contributed by atoms with E-state index in [1.54, 1.807) is 6.92 Å². The van der Waals surface area contributed by atoms with Crippen LogP contribution in [-0.2, 0) is 9.47 Å². The summed E-state index contributed by atoms with van der Waals surface area (Å²) < 4.78 is 84.0. The minimum absolute atomic E-state index is 0.178. The monoisotopic (exact) mass is 308 g/mol. The molecule has 0 saturated carbocycles. The van der Waals surface area contributed by atoms with E-state index in [1.807, 2.05) is 0 Å². The minimum Gasteiger partial charge on any atom is -0.366 e. The standard InChI is InChI=1S/C12H18F6O2/c1-3-5-7-19-10(12(16,17)18)8-20-9(6-4-2)11(13,14)15/h4,9-10H,2-3,5-8H2,1H3. The van der Waals surface area contributed by atoms with Crippen LogP contribution >= 0.6 is 0 Å². The van der Waals surface area contributed by atoms with E-state index >= 15 is 0 Å². The van der Waals surface area contributed by atoms with Crippen LogP contribution in [0.25, 0.3) is 0 Å². The highest BCUT2D eigenvalue weighted by molar-refractivity contribution is 4.79. The van der Waals surface area contributed by atoms with Gasteiger partial charge in [-0.3, -0.25) is 0 Å². The summed E-state index contributed by atoms with van der Waals surface area (Å²) in [6, 6.07) is 0. The van der Waals surface area contributed by atoms with Gasteiger partial charge in [-0.2, -0.15) is 26.3 Å². The molecule has 0 aromatic heterocycles. The fraction of sp³-hybridized carbons (Fsp3) is 0.833. The fourth-order valence-corrected chi connectivity index (χ4v) is 1.26. The molecule has 2 atom stereocenters. The highest BCUT2D eigenvalue weighted by Gasteiger charge is 2.44. The quantitative estimate of drug-likeness (QED) is 0.360. The summed E-state index contributed by atoms with van der Waals surface area (Å²) >= 11 is 0. The number of unbranched alkanes of at least 4 members (excludes halogenated alkanes) is 1. The molecular weight excluding hydrogens is 290 g/mol. The Morgan fingerprint density at radius 2 is 1.55 bits per heavy atom. The average molecular weight is 308 g/mol. The molecule has 0 bridgehead atoms. The van der Waals surface area contributed by atoms with Gasteiger partial charge in [0.2, 0.25) is 0 Å². The number of alkyl halides is 6. The molecule has 0 N–H and O–H groups in total. The summed E-state index contributed by atoms with van der Waals surface area (Å²) in [6.07, 6.45) is -12.8. The van der Waals surface area contributed by atoms with Gasteiger partial charge in [-0.1, -0.05) is 19.4 Å². The van der Waals surface area contributed by atoms with E-state index in [4.69, 9.17) is 0 Å². The van der Waals surface area contributed by atoms with Crippen molar-refractivity contribution in [3.05, 3.63) is 12.7 Å². The zero-order valence-electron chi connectivity index (χ0n) is 11.1. The van der Waals surface area contributed by atoms with Crippen molar-refractivity contribution in [2.45, 2.75) is 50.7 Å². The molecule has 20 heavy (non-hydrogen) atoms. The first-order valence-corrected chi connectivity index (χ1v) is 6.10. The molecule has 2 nitrogen and oxygen atoms in total. The lowest BCUT2D eigenvalue weighted by molar-refractivity contribution is -0.263. The second kappa shape index (κ2) is 8.51. The van der Waals surface area contributed by atoms with E-state index in [-0.39, 0.29) is 6.61 Å². The Balaban J connectivity index is 4.52. The number of halogens is 6. The Kier molecular flexibility index (Phi) is 8.19.